The lowest BCUT2D eigenvalue weighted by Crippen LogP contribution is -2.21. The summed E-state index contributed by atoms with van der Waals surface area (Å²) in [7, 11) is 0. The van der Waals surface area contributed by atoms with Gasteiger partial charge in [-0.1, -0.05) is 19.1 Å². The van der Waals surface area contributed by atoms with Gasteiger partial charge in [0.05, 0.1) is 11.3 Å². The topological polar surface area (TPSA) is 86.1 Å². The first kappa shape index (κ1) is 19.3. The SMILES string of the molecule is CCc1cccc(NC(=O)COC(=O)c2ccc(-n3nc(C)cc3C)nc2)c1. The number of carbonyl (C=O) groups excluding carboxylic acids is 2. The third-order valence-electron chi connectivity index (χ3n) is 4.16. The Morgan fingerprint density at radius 1 is 1.14 bits per heavy atom. The van der Waals surface area contributed by atoms with Crippen LogP contribution in [0.15, 0.2) is 48.7 Å². The van der Waals surface area contributed by atoms with Crippen LogP contribution in [0.2, 0.25) is 0 Å². The number of ether oxygens (including phenoxy) is 1. The normalized spacial score (nSPS) is 10.5. The van der Waals surface area contributed by atoms with Crippen LogP contribution in [0.25, 0.3) is 5.82 Å². The van der Waals surface area contributed by atoms with Gasteiger partial charge in [0.1, 0.15) is 0 Å². The van der Waals surface area contributed by atoms with Crippen LogP contribution in [-0.2, 0) is 16.0 Å². The first-order chi connectivity index (χ1) is 13.5. The highest BCUT2D eigenvalue weighted by atomic mass is 16.5. The predicted octanol–water partition coefficient (Wildman–Crippen LogP) is 3.24. The molecular formula is C21H22N4O3. The number of amides is 1. The first-order valence-electron chi connectivity index (χ1n) is 9.02. The lowest BCUT2D eigenvalue weighted by molar-refractivity contribution is -0.119. The van der Waals surface area contributed by atoms with Crippen molar-refractivity contribution in [2.75, 3.05) is 11.9 Å². The number of aromatic nitrogens is 3. The van der Waals surface area contributed by atoms with Crippen LogP contribution in [0.5, 0.6) is 0 Å². The third-order valence-corrected chi connectivity index (χ3v) is 4.16. The number of hydrogen-bond acceptors (Lipinski definition) is 5. The summed E-state index contributed by atoms with van der Waals surface area (Å²) >= 11 is 0. The summed E-state index contributed by atoms with van der Waals surface area (Å²) in [4.78, 5) is 28.4. The number of nitrogens with one attached hydrogen (secondary N) is 1. The number of esters is 1. The molecule has 0 bridgehead atoms. The summed E-state index contributed by atoms with van der Waals surface area (Å²) in [5, 5.41) is 7.07. The first-order valence-corrected chi connectivity index (χ1v) is 9.02. The van der Waals surface area contributed by atoms with Crippen molar-refractivity contribution in [2.24, 2.45) is 0 Å². The van der Waals surface area contributed by atoms with E-state index < -0.39 is 11.9 Å². The Morgan fingerprint density at radius 3 is 2.61 bits per heavy atom. The summed E-state index contributed by atoms with van der Waals surface area (Å²) in [5.74, 6) is -0.394. The minimum atomic E-state index is -0.607. The molecule has 28 heavy (non-hydrogen) atoms. The Kier molecular flexibility index (Phi) is 5.84. The molecule has 0 unspecified atom stereocenters. The molecule has 1 aromatic carbocycles. The van der Waals surface area contributed by atoms with Crippen molar-refractivity contribution in [3.05, 3.63) is 71.2 Å². The molecule has 0 saturated carbocycles. The predicted molar refractivity (Wildman–Crippen MR) is 106 cm³/mol. The maximum Gasteiger partial charge on any atom is 0.340 e. The van der Waals surface area contributed by atoms with Gasteiger partial charge in [0.15, 0.2) is 12.4 Å². The molecule has 1 N–H and O–H groups in total. The van der Waals surface area contributed by atoms with Crippen molar-refractivity contribution in [3.8, 4) is 5.82 Å². The van der Waals surface area contributed by atoms with Crippen LogP contribution in [0.1, 0.15) is 34.2 Å². The molecule has 7 nitrogen and oxygen atoms in total. The lowest BCUT2D eigenvalue weighted by Gasteiger charge is -2.08. The fraction of sp³-hybridized carbons (Fsp3) is 0.238. The molecule has 0 aliphatic heterocycles. The Morgan fingerprint density at radius 2 is 1.96 bits per heavy atom. The number of carbonyl (C=O) groups is 2. The minimum Gasteiger partial charge on any atom is -0.452 e. The fourth-order valence-electron chi connectivity index (χ4n) is 2.77. The smallest absolute Gasteiger partial charge is 0.340 e. The highest BCUT2D eigenvalue weighted by Crippen LogP contribution is 2.12. The van der Waals surface area contributed by atoms with Gasteiger partial charge in [-0.2, -0.15) is 5.10 Å². The number of hydrogen-bond donors (Lipinski definition) is 1. The van der Waals surface area contributed by atoms with Crippen LogP contribution in [0.4, 0.5) is 5.69 Å². The summed E-state index contributed by atoms with van der Waals surface area (Å²) in [6, 6.07) is 12.8. The molecule has 2 aromatic heterocycles. The molecule has 0 radical (unpaired) electrons. The average Bonchev–Trinajstić information content (AvgIpc) is 3.04. The van der Waals surface area contributed by atoms with Crippen LogP contribution in [-0.4, -0.2) is 33.2 Å². The van der Waals surface area contributed by atoms with E-state index in [1.165, 1.54) is 6.20 Å². The maximum absolute atomic E-state index is 12.2. The molecule has 1 amide bonds. The van der Waals surface area contributed by atoms with Crippen LogP contribution < -0.4 is 5.32 Å². The quantitative estimate of drug-likeness (QED) is 0.666. The Balaban J connectivity index is 1.57. The molecule has 3 aromatic rings. The zero-order valence-electron chi connectivity index (χ0n) is 16.1. The van der Waals surface area contributed by atoms with Crippen molar-refractivity contribution < 1.29 is 14.3 Å². The van der Waals surface area contributed by atoms with Crippen molar-refractivity contribution in [1.82, 2.24) is 14.8 Å². The monoisotopic (exact) mass is 378 g/mol. The van der Waals surface area contributed by atoms with Gasteiger partial charge in [0.25, 0.3) is 5.91 Å². The number of nitrogens with zero attached hydrogens (tertiary/aromatic N) is 3. The highest BCUT2D eigenvalue weighted by molar-refractivity contribution is 5.95. The molecule has 0 saturated heterocycles. The summed E-state index contributed by atoms with van der Waals surface area (Å²) in [6.07, 6.45) is 2.29. The number of benzene rings is 1. The second-order valence-corrected chi connectivity index (χ2v) is 6.42. The van der Waals surface area contributed by atoms with E-state index in [0.29, 0.717) is 11.5 Å². The zero-order valence-corrected chi connectivity index (χ0v) is 16.1. The van der Waals surface area contributed by atoms with E-state index >= 15 is 0 Å². The van der Waals surface area contributed by atoms with Crippen molar-refractivity contribution in [3.63, 3.8) is 0 Å². The zero-order chi connectivity index (χ0) is 20.1. The molecule has 3 rings (SSSR count). The Hall–Kier alpha value is -3.48. The molecule has 144 valence electrons. The molecule has 2 heterocycles. The van der Waals surface area contributed by atoms with Gasteiger partial charge in [0, 0.05) is 17.6 Å². The van der Waals surface area contributed by atoms with E-state index in [0.717, 1.165) is 23.4 Å². The standard InChI is InChI=1S/C21H22N4O3/c1-4-16-6-5-7-18(11-16)23-20(26)13-28-21(27)17-8-9-19(22-12-17)25-15(3)10-14(2)24-25/h5-12H,4,13H2,1-3H3,(H,23,26). The van der Waals surface area contributed by atoms with E-state index in [9.17, 15) is 9.59 Å². The third kappa shape index (κ3) is 4.62. The average molecular weight is 378 g/mol. The van der Waals surface area contributed by atoms with Gasteiger partial charge in [-0.25, -0.2) is 14.5 Å². The molecule has 0 atom stereocenters. The molecule has 0 aliphatic rings. The van der Waals surface area contributed by atoms with Crippen molar-refractivity contribution >= 4 is 17.6 Å². The van der Waals surface area contributed by atoms with E-state index in [4.69, 9.17) is 4.74 Å². The van der Waals surface area contributed by atoms with Gasteiger partial charge in [-0.3, -0.25) is 4.79 Å². The van der Waals surface area contributed by atoms with E-state index in [1.54, 1.807) is 22.9 Å². The van der Waals surface area contributed by atoms with E-state index in [1.807, 2.05) is 45.0 Å². The number of aryl methyl sites for hydroxylation is 3. The fourth-order valence-corrected chi connectivity index (χ4v) is 2.77. The summed E-state index contributed by atoms with van der Waals surface area (Å²) < 4.78 is 6.78. The Labute approximate surface area is 163 Å². The second-order valence-electron chi connectivity index (χ2n) is 6.42. The van der Waals surface area contributed by atoms with Crippen LogP contribution in [0.3, 0.4) is 0 Å². The molecule has 0 aliphatic carbocycles. The van der Waals surface area contributed by atoms with Gasteiger partial charge >= 0.3 is 5.97 Å². The number of anilines is 1. The lowest BCUT2D eigenvalue weighted by atomic mass is 10.1. The van der Waals surface area contributed by atoms with Gasteiger partial charge in [-0.05, 0) is 56.2 Å². The number of pyridine rings is 1. The van der Waals surface area contributed by atoms with E-state index in [-0.39, 0.29) is 12.2 Å². The second kappa shape index (κ2) is 8.47. The maximum atomic E-state index is 12.2. The molecule has 0 spiro atoms. The molecule has 7 heteroatoms. The summed E-state index contributed by atoms with van der Waals surface area (Å²) in [6.45, 7) is 5.50. The van der Waals surface area contributed by atoms with Crippen molar-refractivity contribution in [2.45, 2.75) is 27.2 Å². The van der Waals surface area contributed by atoms with Crippen LogP contribution >= 0.6 is 0 Å². The highest BCUT2D eigenvalue weighted by Gasteiger charge is 2.12. The van der Waals surface area contributed by atoms with Gasteiger partial charge < -0.3 is 10.1 Å². The number of rotatable bonds is 6. The summed E-state index contributed by atoms with van der Waals surface area (Å²) in [5.41, 5.74) is 3.90. The van der Waals surface area contributed by atoms with Crippen molar-refractivity contribution in [1.29, 1.82) is 0 Å². The van der Waals surface area contributed by atoms with E-state index in [2.05, 4.69) is 15.4 Å². The van der Waals surface area contributed by atoms with Gasteiger partial charge in [-0.15, -0.1) is 0 Å². The van der Waals surface area contributed by atoms with Gasteiger partial charge in [0.2, 0.25) is 0 Å². The molecule has 0 fully saturated rings. The largest absolute Gasteiger partial charge is 0.452 e. The van der Waals surface area contributed by atoms with Crippen LogP contribution in [0, 0.1) is 13.8 Å². The molecular weight excluding hydrogens is 356 g/mol. The minimum absolute atomic E-state index is 0.270. The Bertz CT molecular complexity index is 993.